The lowest BCUT2D eigenvalue weighted by molar-refractivity contribution is -0.137. The van der Waals surface area contributed by atoms with Crippen molar-refractivity contribution in [1.82, 2.24) is 4.57 Å². The van der Waals surface area contributed by atoms with E-state index in [0.29, 0.717) is 16.8 Å². The molecule has 7 nitrogen and oxygen atoms in total. The van der Waals surface area contributed by atoms with Crippen LogP contribution in [0.5, 0.6) is 0 Å². The average molecular weight is 528 g/mol. The number of benzene rings is 3. The Hall–Kier alpha value is -4.22. The molecule has 3 N–H and O–H groups in total. The molecule has 0 fully saturated rings. The first-order valence-electron chi connectivity index (χ1n) is 10.8. The van der Waals surface area contributed by atoms with Crippen molar-refractivity contribution in [2.75, 3.05) is 5.32 Å². The first-order chi connectivity index (χ1) is 17.4. The summed E-state index contributed by atoms with van der Waals surface area (Å²) in [5, 5.41) is 8.48. The van der Waals surface area contributed by atoms with E-state index in [1.54, 1.807) is 35.0 Å². The molecule has 0 aliphatic carbocycles. The van der Waals surface area contributed by atoms with Crippen molar-refractivity contribution >= 4 is 44.4 Å². The van der Waals surface area contributed by atoms with E-state index in [4.69, 9.17) is 5.14 Å². The fourth-order valence-corrected chi connectivity index (χ4v) is 4.25. The third-order valence-corrected chi connectivity index (χ3v) is 6.42. The highest BCUT2D eigenvalue weighted by Gasteiger charge is 2.30. The zero-order valence-corrected chi connectivity index (χ0v) is 19.9. The van der Waals surface area contributed by atoms with E-state index >= 15 is 0 Å². The number of alkyl halides is 3. The number of fused-ring (bicyclic) bond motifs is 1. The molecule has 0 aliphatic heterocycles. The largest absolute Gasteiger partial charge is 0.416 e. The van der Waals surface area contributed by atoms with E-state index in [0.717, 1.165) is 17.5 Å². The highest BCUT2D eigenvalue weighted by molar-refractivity contribution is 7.89. The van der Waals surface area contributed by atoms with E-state index < -0.39 is 27.5 Å². The van der Waals surface area contributed by atoms with Crippen LogP contribution in [0.25, 0.3) is 17.0 Å². The van der Waals surface area contributed by atoms with E-state index in [1.807, 2.05) is 0 Å². The van der Waals surface area contributed by atoms with Crippen molar-refractivity contribution in [1.29, 1.82) is 0 Å². The number of anilines is 1. The SMILES string of the molecule is NS(=O)(=O)c1ccc(NC(=O)Cn2cc(/C=C/C(=O)c3cccc(C(F)(F)F)c3)c3ccccc32)cc1. The van der Waals surface area contributed by atoms with Crippen LogP contribution in [-0.4, -0.2) is 24.7 Å². The Kier molecular flexibility index (Phi) is 7.01. The third-order valence-electron chi connectivity index (χ3n) is 5.49. The molecule has 0 radical (unpaired) electrons. The highest BCUT2D eigenvalue weighted by Crippen LogP contribution is 2.30. The number of allylic oxidation sites excluding steroid dienone is 1. The van der Waals surface area contributed by atoms with Gasteiger partial charge in [-0.1, -0.05) is 30.3 Å². The number of ketones is 1. The van der Waals surface area contributed by atoms with Crippen LogP contribution in [0.2, 0.25) is 0 Å². The molecule has 1 aromatic heterocycles. The molecule has 4 rings (SSSR count). The van der Waals surface area contributed by atoms with Crippen LogP contribution in [0.3, 0.4) is 0 Å². The van der Waals surface area contributed by atoms with E-state index in [2.05, 4.69) is 5.32 Å². The number of sulfonamides is 1. The number of primary sulfonamides is 1. The molecule has 1 heterocycles. The van der Waals surface area contributed by atoms with Gasteiger partial charge in [-0.15, -0.1) is 0 Å². The molecule has 0 spiro atoms. The van der Waals surface area contributed by atoms with Gasteiger partial charge in [-0.3, -0.25) is 9.59 Å². The number of halogens is 3. The number of hydrogen-bond donors (Lipinski definition) is 2. The number of aromatic nitrogens is 1. The molecule has 11 heteroatoms. The molecule has 0 saturated carbocycles. The number of nitrogens with zero attached hydrogens (tertiary/aromatic N) is 1. The molecule has 4 aromatic rings. The number of rotatable bonds is 7. The maximum absolute atomic E-state index is 13.0. The predicted molar refractivity (Wildman–Crippen MR) is 133 cm³/mol. The van der Waals surface area contributed by atoms with Gasteiger partial charge in [0.15, 0.2) is 5.78 Å². The quantitative estimate of drug-likeness (QED) is 0.265. The summed E-state index contributed by atoms with van der Waals surface area (Å²) in [5.74, 6) is -0.983. The minimum atomic E-state index is -4.56. The second-order valence-electron chi connectivity index (χ2n) is 8.12. The minimum absolute atomic E-state index is 0.0852. The van der Waals surface area contributed by atoms with Crippen LogP contribution in [0.4, 0.5) is 18.9 Å². The smallest absolute Gasteiger partial charge is 0.337 e. The molecule has 0 bridgehead atoms. The second-order valence-corrected chi connectivity index (χ2v) is 9.68. The number of carbonyl (C=O) groups is 2. The summed E-state index contributed by atoms with van der Waals surface area (Å²) >= 11 is 0. The molecule has 0 atom stereocenters. The number of amides is 1. The van der Waals surface area contributed by atoms with Crippen LogP contribution in [0, 0.1) is 0 Å². The molecule has 0 saturated heterocycles. The molecular weight excluding hydrogens is 507 g/mol. The standard InChI is InChI=1S/C26H20F3N3O4S/c27-26(28,29)19-5-3-4-17(14-19)24(33)13-8-18-15-32(23-7-2-1-6-22(18)23)16-25(34)31-20-9-11-21(12-10-20)37(30,35)36/h1-15H,16H2,(H,31,34)(H2,30,35,36)/b13-8+. The first kappa shape index (κ1) is 25.9. The summed E-state index contributed by atoms with van der Waals surface area (Å²) in [4.78, 5) is 25.1. The summed E-state index contributed by atoms with van der Waals surface area (Å²) < 4.78 is 63.3. The van der Waals surface area contributed by atoms with Gasteiger partial charge in [0.05, 0.1) is 10.5 Å². The van der Waals surface area contributed by atoms with Crippen LogP contribution in [-0.2, 0) is 27.5 Å². The molecule has 0 unspecified atom stereocenters. The van der Waals surface area contributed by atoms with Crippen molar-refractivity contribution in [3.8, 4) is 0 Å². The average Bonchev–Trinajstić information content (AvgIpc) is 3.19. The first-order valence-corrected chi connectivity index (χ1v) is 12.4. The van der Waals surface area contributed by atoms with E-state index in [9.17, 15) is 31.2 Å². The summed E-state index contributed by atoms with van der Waals surface area (Å²) in [6, 6.07) is 16.7. The van der Waals surface area contributed by atoms with Crippen LogP contribution in [0.15, 0.2) is 90.0 Å². The van der Waals surface area contributed by atoms with Gasteiger partial charge in [-0.2, -0.15) is 13.2 Å². The lowest BCUT2D eigenvalue weighted by Gasteiger charge is -2.08. The Labute approximate surface area is 210 Å². The molecule has 190 valence electrons. The Bertz CT molecular complexity index is 1620. The summed E-state index contributed by atoms with van der Waals surface area (Å²) in [7, 11) is -3.85. The Morgan fingerprint density at radius 2 is 1.68 bits per heavy atom. The van der Waals surface area contributed by atoms with E-state index in [1.165, 1.54) is 48.6 Å². The number of carbonyl (C=O) groups excluding carboxylic acids is 2. The van der Waals surface area contributed by atoms with Gasteiger partial charge in [-0.05, 0) is 54.6 Å². The molecule has 37 heavy (non-hydrogen) atoms. The Morgan fingerprint density at radius 1 is 0.973 bits per heavy atom. The lowest BCUT2D eigenvalue weighted by Crippen LogP contribution is -2.18. The van der Waals surface area contributed by atoms with Gasteiger partial charge >= 0.3 is 6.18 Å². The highest BCUT2D eigenvalue weighted by atomic mass is 32.2. The molecule has 1 amide bonds. The monoisotopic (exact) mass is 527 g/mol. The third kappa shape index (κ3) is 6.13. The summed E-state index contributed by atoms with van der Waals surface area (Å²) in [6.45, 7) is -0.0904. The molecule has 3 aromatic carbocycles. The van der Waals surface area contributed by atoms with Crippen molar-refractivity contribution in [2.45, 2.75) is 17.6 Å². The fraction of sp³-hybridized carbons (Fsp3) is 0.0769. The van der Waals surface area contributed by atoms with Crippen molar-refractivity contribution in [3.63, 3.8) is 0 Å². The van der Waals surface area contributed by atoms with Gasteiger partial charge < -0.3 is 9.88 Å². The normalized spacial score (nSPS) is 12.2. The number of para-hydroxylation sites is 1. The molecule has 0 aliphatic rings. The van der Waals surface area contributed by atoms with Gasteiger partial charge in [0.25, 0.3) is 0 Å². The second kappa shape index (κ2) is 10.0. The molecular formula is C26H20F3N3O4S. The van der Waals surface area contributed by atoms with Crippen molar-refractivity contribution in [2.24, 2.45) is 5.14 Å². The van der Waals surface area contributed by atoms with Gasteiger partial charge in [0.2, 0.25) is 15.9 Å². The zero-order valence-electron chi connectivity index (χ0n) is 19.1. The number of hydrogen-bond acceptors (Lipinski definition) is 4. The predicted octanol–water partition coefficient (Wildman–Crippen LogP) is 4.84. The summed E-state index contributed by atoms with van der Waals surface area (Å²) in [5.41, 5.74) is 0.673. The van der Waals surface area contributed by atoms with E-state index in [-0.39, 0.29) is 22.9 Å². The Balaban J connectivity index is 1.53. The maximum atomic E-state index is 13.0. The van der Waals surface area contributed by atoms with Gasteiger partial charge in [0.1, 0.15) is 6.54 Å². The number of nitrogens with one attached hydrogen (secondary N) is 1. The van der Waals surface area contributed by atoms with Gasteiger partial charge in [0, 0.05) is 33.9 Å². The van der Waals surface area contributed by atoms with Crippen molar-refractivity contribution in [3.05, 3.63) is 102 Å². The fourth-order valence-electron chi connectivity index (χ4n) is 3.73. The maximum Gasteiger partial charge on any atom is 0.416 e. The van der Waals surface area contributed by atoms with Crippen LogP contribution >= 0.6 is 0 Å². The lowest BCUT2D eigenvalue weighted by atomic mass is 10.1. The van der Waals surface area contributed by atoms with Crippen molar-refractivity contribution < 1.29 is 31.2 Å². The summed E-state index contributed by atoms with van der Waals surface area (Å²) in [6.07, 6.45) is -0.220. The zero-order chi connectivity index (χ0) is 26.8. The Morgan fingerprint density at radius 3 is 2.35 bits per heavy atom. The topological polar surface area (TPSA) is 111 Å². The van der Waals surface area contributed by atoms with Crippen LogP contribution < -0.4 is 10.5 Å². The minimum Gasteiger partial charge on any atom is -0.337 e. The van der Waals surface area contributed by atoms with Gasteiger partial charge in [-0.25, -0.2) is 13.6 Å². The van der Waals surface area contributed by atoms with Crippen LogP contribution in [0.1, 0.15) is 21.5 Å². The number of nitrogens with two attached hydrogens (primary N) is 1.